The molecule has 1 aromatic carbocycles. The zero-order valence-corrected chi connectivity index (χ0v) is 12.3. The highest BCUT2D eigenvalue weighted by molar-refractivity contribution is 6.42. The van der Waals surface area contributed by atoms with E-state index in [0.29, 0.717) is 27.6 Å². The van der Waals surface area contributed by atoms with Gasteiger partial charge in [0.05, 0.1) is 5.02 Å². The van der Waals surface area contributed by atoms with E-state index in [1.807, 2.05) is 12.1 Å². The van der Waals surface area contributed by atoms with Crippen LogP contribution in [0.4, 0.5) is 0 Å². The van der Waals surface area contributed by atoms with Crippen molar-refractivity contribution in [2.24, 2.45) is 11.8 Å². The van der Waals surface area contributed by atoms with Crippen LogP contribution in [0.15, 0.2) is 18.2 Å². The van der Waals surface area contributed by atoms with E-state index in [1.165, 1.54) is 0 Å². The number of nitrogens with one attached hydrogen (secondary N) is 1. The van der Waals surface area contributed by atoms with Crippen molar-refractivity contribution in [3.63, 3.8) is 0 Å². The van der Waals surface area contributed by atoms with E-state index in [4.69, 9.17) is 27.9 Å². The first-order valence-corrected chi connectivity index (χ1v) is 7.16. The zero-order valence-electron chi connectivity index (χ0n) is 10.7. The number of benzene rings is 1. The maximum Gasteiger partial charge on any atom is 0.139 e. The number of hydrogen-bond acceptors (Lipinski definition) is 2. The Morgan fingerprint density at radius 2 is 2.11 bits per heavy atom. The zero-order chi connectivity index (χ0) is 13.1. The van der Waals surface area contributed by atoms with Gasteiger partial charge in [0.2, 0.25) is 0 Å². The van der Waals surface area contributed by atoms with Crippen molar-refractivity contribution in [3.8, 4) is 5.75 Å². The van der Waals surface area contributed by atoms with Crippen molar-refractivity contribution in [2.75, 3.05) is 13.1 Å². The molecule has 0 saturated carbocycles. The number of halogens is 2. The highest BCUT2D eigenvalue weighted by Gasteiger charge is 2.29. The summed E-state index contributed by atoms with van der Waals surface area (Å²) < 4.78 is 6.12. The molecule has 0 spiro atoms. The van der Waals surface area contributed by atoms with Crippen LogP contribution in [0, 0.1) is 11.8 Å². The predicted molar refractivity (Wildman–Crippen MR) is 76.7 cm³/mol. The van der Waals surface area contributed by atoms with Crippen LogP contribution in [-0.2, 0) is 0 Å². The Hall–Kier alpha value is -0.440. The summed E-state index contributed by atoms with van der Waals surface area (Å²) in [4.78, 5) is 0. The fraction of sp³-hybridized carbons (Fsp3) is 0.571. The summed E-state index contributed by atoms with van der Waals surface area (Å²) in [6.07, 6.45) is 1.33. The highest BCUT2D eigenvalue weighted by atomic mass is 35.5. The molecule has 0 aromatic heterocycles. The fourth-order valence-electron chi connectivity index (χ4n) is 2.46. The monoisotopic (exact) mass is 287 g/mol. The van der Waals surface area contributed by atoms with Crippen molar-refractivity contribution >= 4 is 23.2 Å². The molecule has 1 aromatic rings. The van der Waals surface area contributed by atoms with E-state index in [9.17, 15) is 0 Å². The molecule has 1 aliphatic heterocycles. The topological polar surface area (TPSA) is 21.3 Å². The van der Waals surface area contributed by atoms with E-state index >= 15 is 0 Å². The van der Waals surface area contributed by atoms with Crippen molar-refractivity contribution in [1.82, 2.24) is 5.32 Å². The maximum absolute atomic E-state index is 6.18. The molecule has 0 amide bonds. The molecule has 1 fully saturated rings. The summed E-state index contributed by atoms with van der Waals surface area (Å²) in [5.74, 6) is 1.68. The summed E-state index contributed by atoms with van der Waals surface area (Å²) in [5, 5.41) is 4.43. The molecule has 18 heavy (non-hydrogen) atoms. The van der Waals surface area contributed by atoms with Crippen LogP contribution in [0.1, 0.15) is 20.3 Å². The average molecular weight is 288 g/mol. The first-order chi connectivity index (χ1) is 8.59. The fourth-order valence-corrected chi connectivity index (χ4v) is 2.79. The smallest absolute Gasteiger partial charge is 0.139 e. The Morgan fingerprint density at radius 1 is 1.33 bits per heavy atom. The molecule has 2 nitrogen and oxygen atoms in total. The SMILES string of the molecule is CC(C)[C@H](Oc1cccc(Cl)c1Cl)[C@@H]1CCNC1. The lowest BCUT2D eigenvalue weighted by molar-refractivity contribution is 0.0975. The third-order valence-corrected chi connectivity index (χ3v) is 4.20. The second-order valence-electron chi connectivity index (χ2n) is 5.13. The normalized spacial score (nSPS) is 21.3. The summed E-state index contributed by atoms with van der Waals surface area (Å²) in [6, 6.07) is 5.53. The quantitative estimate of drug-likeness (QED) is 0.904. The lowest BCUT2D eigenvalue weighted by Crippen LogP contribution is -2.33. The molecule has 0 radical (unpaired) electrons. The van der Waals surface area contributed by atoms with Crippen molar-refractivity contribution in [3.05, 3.63) is 28.2 Å². The Kier molecular flexibility index (Phi) is 4.77. The summed E-state index contributed by atoms with van der Waals surface area (Å²) in [6.45, 7) is 6.45. The lowest BCUT2D eigenvalue weighted by Gasteiger charge is -2.28. The van der Waals surface area contributed by atoms with Gasteiger partial charge in [0, 0.05) is 12.5 Å². The Bertz CT molecular complexity index is 403. The van der Waals surface area contributed by atoms with E-state index < -0.39 is 0 Å². The van der Waals surface area contributed by atoms with Gasteiger partial charge in [0.15, 0.2) is 0 Å². The van der Waals surface area contributed by atoms with Crippen LogP contribution in [-0.4, -0.2) is 19.2 Å². The van der Waals surface area contributed by atoms with Gasteiger partial charge >= 0.3 is 0 Å². The lowest BCUT2D eigenvalue weighted by atomic mass is 9.92. The highest BCUT2D eigenvalue weighted by Crippen LogP contribution is 2.34. The minimum atomic E-state index is 0.177. The molecule has 4 heteroatoms. The molecule has 0 bridgehead atoms. The van der Waals surface area contributed by atoms with Gasteiger partial charge in [0.1, 0.15) is 16.9 Å². The van der Waals surface area contributed by atoms with E-state index in [1.54, 1.807) is 6.07 Å². The van der Waals surface area contributed by atoms with Gasteiger partial charge < -0.3 is 10.1 Å². The first-order valence-electron chi connectivity index (χ1n) is 6.41. The summed E-state index contributed by atoms with van der Waals surface area (Å²) >= 11 is 12.2. The second-order valence-corrected chi connectivity index (χ2v) is 5.92. The average Bonchev–Trinajstić information content (AvgIpc) is 2.84. The molecule has 1 heterocycles. The third kappa shape index (κ3) is 3.11. The van der Waals surface area contributed by atoms with E-state index in [2.05, 4.69) is 19.2 Å². The molecule has 0 aliphatic carbocycles. The number of ether oxygens (including phenoxy) is 1. The van der Waals surface area contributed by atoms with Crippen molar-refractivity contribution in [1.29, 1.82) is 0 Å². The van der Waals surface area contributed by atoms with Gasteiger partial charge in [-0.15, -0.1) is 0 Å². The van der Waals surface area contributed by atoms with E-state index in [0.717, 1.165) is 19.5 Å². The van der Waals surface area contributed by atoms with Crippen LogP contribution in [0.3, 0.4) is 0 Å². The van der Waals surface area contributed by atoms with Gasteiger partial charge in [0.25, 0.3) is 0 Å². The van der Waals surface area contributed by atoms with Crippen LogP contribution in [0.25, 0.3) is 0 Å². The van der Waals surface area contributed by atoms with Gasteiger partial charge in [-0.3, -0.25) is 0 Å². The van der Waals surface area contributed by atoms with Crippen LogP contribution < -0.4 is 10.1 Å². The largest absolute Gasteiger partial charge is 0.488 e. The molecule has 2 atom stereocenters. The summed E-state index contributed by atoms with van der Waals surface area (Å²) in [5.41, 5.74) is 0. The molecule has 0 unspecified atom stereocenters. The van der Waals surface area contributed by atoms with Crippen LogP contribution in [0.2, 0.25) is 10.0 Å². The Morgan fingerprint density at radius 3 is 2.72 bits per heavy atom. The standard InChI is InChI=1S/C14H19Cl2NO/c1-9(2)14(10-6-7-17-8-10)18-12-5-3-4-11(15)13(12)16/h3-5,9-10,14,17H,6-8H2,1-2H3/t10-,14+/m1/s1. The molecule has 1 N–H and O–H groups in total. The molecule has 1 aliphatic rings. The molecule has 2 rings (SSSR count). The van der Waals surface area contributed by atoms with Gasteiger partial charge in [-0.05, 0) is 31.0 Å². The van der Waals surface area contributed by atoms with Crippen molar-refractivity contribution < 1.29 is 4.74 Å². The minimum absolute atomic E-state index is 0.177. The first kappa shape index (κ1) is 14.0. The van der Waals surface area contributed by atoms with Gasteiger partial charge in [-0.1, -0.05) is 43.1 Å². The van der Waals surface area contributed by atoms with Crippen LogP contribution in [0.5, 0.6) is 5.75 Å². The van der Waals surface area contributed by atoms with E-state index in [-0.39, 0.29) is 6.10 Å². The molecule has 1 saturated heterocycles. The molecular weight excluding hydrogens is 269 g/mol. The minimum Gasteiger partial charge on any atom is -0.488 e. The van der Waals surface area contributed by atoms with Gasteiger partial charge in [-0.2, -0.15) is 0 Å². The Labute approximate surface area is 119 Å². The Balaban J connectivity index is 2.15. The van der Waals surface area contributed by atoms with Gasteiger partial charge in [-0.25, -0.2) is 0 Å². The molecular formula is C14H19Cl2NO. The van der Waals surface area contributed by atoms with Crippen molar-refractivity contribution in [2.45, 2.75) is 26.4 Å². The number of hydrogen-bond donors (Lipinski definition) is 1. The molecule has 100 valence electrons. The second kappa shape index (κ2) is 6.14. The summed E-state index contributed by atoms with van der Waals surface area (Å²) in [7, 11) is 0. The number of rotatable bonds is 4. The van der Waals surface area contributed by atoms with Crippen LogP contribution >= 0.6 is 23.2 Å². The third-order valence-electron chi connectivity index (χ3n) is 3.40. The maximum atomic E-state index is 6.18. The predicted octanol–water partition coefficient (Wildman–Crippen LogP) is 4.01.